The summed E-state index contributed by atoms with van der Waals surface area (Å²) in [6, 6.07) is 0. The zero-order valence-corrected chi connectivity index (χ0v) is 91.1. The van der Waals surface area contributed by atoms with E-state index < -0.39 is 193 Å². The Bertz CT molecular complexity index is 5310. The van der Waals surface area contributed by atoms with Crippen LogP contribution in [0, 0.1) is 81.8 Å². The Labute approximate surface area is 867 Å². The number of anilines is 2. The number of phosphoric acid groups is 1. The summed E-state index contributed by atoms with van der Waals surface area (Å²) in [5.41, 5.74) is 16.0. The Balaban J connectivity index is 0.000000236. The van der Waals surface area contributed by atoms with Gasteiger partial charge < -0.3 is 136 Å². The number of phosphoric ester groups is 1. The molecule has 0 spiro atoms. The number of hydrogen-bond acceptors (Lipinski definition) is 44. The number of aryl methyl sites for hydroxylation is 2. The minimum Gasteiger partial charge on any atom is -0.780 e. The van der Waals surface area contributed by atoms with E-state index in [9.17, 15) is 52.8 Å². The Morgan fingerprint density at radius 1 is 0.544 bits per heavy atom. The van der Waals surface area contributed by atoms with Crippen LogP contribution in [-0.4, -0.2) is 225 Å². The van der Waals surface area contributed by atoms with Crippen molar-refractivity contribution in [2.24, 2.45) is 41.4 Å². The van der Waals surface area contributed by atoms with E-state index in [1.54, 1.807) is 35.6 Å². The summed E-state index contributed by atoms with van der Waals surface area (Å²) in [6.45, 7) is 17.2. The molecule has 8 aliphatic heterocycles. The first-order chi connectivity index (χ1) is 56.1. The average Bonchev–Trinajstić information content (AvgIpc) is 1.64. The average molecular weight is 2090 g/mol. The number of ether oxygens (including phenoxy) is 6. The summed E-state index contributed by atoms with van der Waals surface area (Å²) in [5.74, 6) is -1.14. The van der Waals surface area contributed by atoms with Crippen LogP contribution >= 0.6 is 44.1 Å². The van der Waals surface area contributed by atoms with Gasteiger partial charge in [-0.2, -0.15) is 0 Å². The van der Waals surface area contributed by atoms with Gasteiger partial charge in [0.05, 0.1) is 107 Å². The van der Waals surface area contributed by atoms with Crippen LogP contribution < -0.4 is 144 Å². The fourth-order valence-electron chi connectivity index (χ4n) is 15.1. The van der Waals surface area contributed by atoms with Crippen LogP contribution in [0.4, 0.5) is 11.6 Å². The van der Waals surface area contributed by atoms with E-state index in [4.69, 9.17) is 114 Å². The van der Waals surface area contributed by atoms with Crippen molar-refractivity contribution in [3.8, 4) is 0 Å². The van der Waals surface area contributed by atoms with Crippen molar-refractivity contribution in [1.29, 1.82) is 0 Å². The van der Waals surface area contributed by atoms with Crippen molar-refractivity contribution in [2.75, 3.05) is 57.8 Å². The van der Waals surface area contributed by atoms with Crippen LogP contribution in [0.5, 0.6) is 0 Å². The van der Waals surface area contributed by atoms with E-state index in [-0.39, 0.29) is 255 Å². The Hall–Kier alpha value is 1.24. The van der Waals surface area contributed by atoms with Gasteiger partial charge in [-0.3, -0.25) is 36.5 Å². The van der Waals surface area contributed by atoms with E-state index in [1.807, 2.05) is 55.4 Å². The molecule has 0 saturated carbocycles. The number of aliphatic hydroxyl groups excluding tert-OH is 3. The van der Waals surface area contributed by atoms with Gasteiger partial charge in [0.1, 0.15) is 129 Å². The number of fused-ring (bicyclic) bond motifs is 9. The molecular formula is C65H88N18Na4O28P6S2Y2-4. The van der Waals surface area contributed by atoms with Gasteiger partial charge >= 0.3 is 118 Å². The van der Waals surface area contributed by atoms with Gasteiger partial charge in [0.25, 0.3) is 7.82 Å². The van der Waals surface area contributed by atoms with E-state index in [2.05, 4.69) is 73.1 Å². The van der Waals surface area contributed by atoms with Crippen LogP contribution in [0.3, 0.4) is 0 Å². The molecule has 8 fully saturated rings. The van der Waals surface area contributed by atoms with Crippen molar-refractivity contribution in [3.63, 3.8) is 0 Å². The molecule has 16 heterocycles. The summed E-state index contributed by atoms with van der Waals surface area (Å²) in [5, 5.41) is 33.5. The predicted molar refractivity (Wildman–Crippen MR) is 412 cm³/mol. The van der Waals surface area contributed by atoms with Gasteiger partial charge in [0, 0.05) is 83.9 Å². The molecule has 2 bridgehead atoms. The summed E-state index contributed by atoms with van der Waals surface area (Å²) < 4.78 is 166. The van der Waals surface area contributed by atoms with Crippen molar-refractivity contribution >= 4 is 124 Å². The largest absolute Gasteiger partial charge is 1.00 e. The topological polar surface area (TPSA) is 599 Å². The Kier molecular flexibility index (Phi) is 40.9. The first-order valence-electron chi connectivity index (χ1n) is 37.2. The SMILES string of the molecule is Cc1ncnc2c1ncn2[C@@H]1O[C@@H]2COP([O-])(=S)O[C@@H]3[C@H](O)[C@@H](COP(=O)([S-])O[C@H]2[C@H]1C(C)C)O[C@H]3n1cnc2c(N)ncnc21.Cc1ncnc2c1ncn2[C@@H]1O[C@H](COP(C)(=O)[O-])[C@@H](O)[C@H]1OP(=O)([O-])OC[C@H]1O[C@@H](n2cnc3c(N)ncnc32)[C@H](C(C)C)[C@@H]1O.[CH2-]P1(=O)OCC2O[CH-]C(C(C)C)C2OP([CH2-])(=O)OCC2O[CH-]C(C)C2O1.[Na+].[Na+].[Na+].[Na+].[Y].[Y]. The van der Waals surface area contributed by atoms with E-state index in [1.165, 1.54) is 53.4 Å². The summed E-state index contributed by atoms with van der Waals surface area (Å²) in [7, 11) is -16.7. The monoisotopic (exact) mass is 2090 g/mol. The molecule has 0 aliphatic carbocycles. The molecule has 8 aromatic rings. The number of aliphatic hydroxyl groups is 3. The van der Waals surface area contributed by atoms with Crippen LogP contribution in [0.1, 0.15) is 84.8 Å². The number of imidazole rings is 4. The molecule has 7 N–H and O–H groups in total. The van der Waals surface area contributed by atoms with Gasteiger partial charge in [0.15, 0.2) is 68.7 Å². The van der Waals surface area contributed by atoms with Gasteiger partial charge in [-0.15, -0.1) is 11.8 Å². The molecule has 16 rings (SSSR count). The maximum atomic E-state index is 13.7. The second-order valence-corrected chi connectivity index (χ2v) is 42.3. The minimum absolute atomic E-state index is 0. The molecule has 8 aromatic heterocycles. The first-order valence-corrected chi connectivity index (χ1v) is 49.3. The smallest absolute Gasteiger partial charge is 0.780 e. The molecule has 28 atom stereocenters. The number of nitrogens with two attached hydrogens (primary N) is 2. The summed E-state index contributed by atoms with van der Waals surface area (Å²) >= 11 is 10.6. The molecule has 8 aliphatic rings. The standard InChI is InChI=1S/C25H35N9O11P2.C24H31N9O9P2S2.C16H26O8P2.4Na.2Y/c1-11(2)15-18(35)13(43-24(15)33-10-32-17-21(26)28-8-30-23(17)33)6-42-47(39,40)45-20-19(36)14(5-41-46(4,37)38)44-25(20)34-9-31-16-12(3)27-7-29-22(16)34;1-10(2)14-18-13(40-23(14)32-8-30-15-11(3)26-6-28-21(15)32)5-38-44(36,46)42-19-17(34)12(4-37-43(35,45)41-18)39-24(19)33-9-31-16-20(25)27-7-29-22(16)33;1-10(2)12-7-20-14-9-22-25(4,17)23-15-11(3)6-19-13(15)8-21-26(5,18)24-16(12)14;;;;;;/h7-11,13-15,18-20,24-25,35-36H,5-6H2,1-4H3,(H,37,38)(H,39,40)(H2,26,28,30);6-10,12-14,17-19,23-24,34H,4-5H2,1-3H3,(H,35,45)(H,36,46)(H2,25,27,29);6-7,10-16H,4-5,8-9H2,1-3H3;;;;;;/q;;-4;4*+1;;/p-4/t13-,14-,15-,18-,19-,20-,24-,25-;12-,13-,14-,17-,18-,19-,23-,24-,43?,44?;;;;;;;/m11......./s1. The van der Waals surface area contributed by atoms with Crippen LogP contribution in [0.15, 0.2) is 50.6 Å². The summed E-state index contributed by atoms with van der Waals surface area (Å²) in [6.07, 6.45) is -8.64. The fourth-order valence-corrected chi connectivity index (χ4v) is 21.5. The molecule has 46 nitrogen and oxygen atoms in total. The van der Waals surface area contributed by atoms with Gasteiger partial charge in [-0.1, -0.05) is 66.2 Å². The molecule has 12 unspecified atom stereocenters. The number of rotatable bonds is 15. The van der Waals surface area contributed by atoms with Gasteiger partial charge in [-0.25, -0.2) is 86.4 Å². The van der Waals surface area contributed by atoms with Crippen molar-refractivity contribution in [3.05, 3.63) is 88.5 Å². The number of hydrogen-bond donors (Lipinski definition) is 5. The minimum atomic E-state index is -5.28. The number of aromatic nitrogens is 16. The molecule has 125 heavy (non-hydrogen) atoms. The number of nitrogen functional groups attached to an aromatic ring is 2. The molecule has 0 aromatic carbocycles. The first kappa shape index (κ1) is 112. The molecule has 8 saturated heterocycles. The third-order valence-corrected chi connectivity index (χ3v) is 27.9. The second kappa shape index (κ2) is 45.9. The third-order valence-electron chi connectivity index (χ3n) is 21.1. The zero-order valence-electron chi connectivity index (χ0n) is 70.4. The van der Waals surface area contributed by atoms with Crippen LogP contribution in [0.2, 0.25) is 0 Å². The third kappa shape index (κ3) is 25.7. The molecule has 60 heteroatoms. The maximum absolute atomic E-state index is 13.7. The van der Waals surface area contributed by atoms with E-state index >= 15 is 0 Å². The molecular weight excluding hydrogens is 2000 g/mol. The summed E-state index contributed by atoms with van der Waals surface area (Å²) in [4.78, 5) is 88.9. The second-order valence-electron chi connectivity index (χ2n) is 30.4. The van der Waals surface area contributed by atoms with Crippen LogP contribution in [0.25, 0.3) is 44.7 Å². The fraction of sp³-hybridized carbons (Fsp3) is 0.631. The van der Waals surface area contributed by atoms with E-state index in [0.717, 1.165) is 6.66 Å². The quantitative estimate of drug-likeness (QED) is 0.0275. The van der Waals surface area contributed by atoms with Crippen molar-refractivity contribution < 1.29 is 315 Å². The Morgan fingerprint density at radius 2 is 0.976 bits per heavy atom. The van der Waals surface area contributed by atoms with Crippen LogP contribution in [-0.2, 0) is 190 Å². The van der Waals surface area contributed by atoms with Crippen molar-refractivity contribution in [1.82, 2.24) is 78.1 Å². The van der Waals surface area contributed by atoms with Gasteiger partial charge in [0.2, 0.25) is 0 Å². The molecule has 0 amide bonds. The predicted octanol–water partition coefficient (Wildman–Crippen LogP) is -7.73. The van der Waals surface area contributed by atoms with Crippen molar-refractivity contribution in [2.45, 2.75) is 173 Å². The Morgan fingerprint density at radius 3 is 1.50 bits per heavy atom. The normalized spacial score (nSPS) is 35.8. The molecule has 2 radical (unpaired) electrons. The number of nitrogens with zero attached hydrogens (tertiary/aromatic N) is 16. The zero-order chi connectivity index (χ0) is 85.5. The maximum Gasteiger partial charge on any atom is 1.00 e. The molecule has 662 valence electrons. The van der Waals surface area contributed by atoms with E-state index in [0.29, 0.717) is 39.2 Å². The van der Waals surface area contributed by atoms with Gasteiger partial charge in [-0.05, 0) is 25.7 Å².